The summed E-state index contributed by atoms with van der Waals surface area (Å²) in [6.45, 7) is 12.2. The molecule has 0 radical (unpaired) electrons. The minimum atomic E-state index is -0.848. The van der Waals surface area contributed by atoms with Crippen LogP contribution in [0, 0.1) is 6.92 Å². The standard InChI is InChI=1S/C23H34N4O4/c1-7-9-12-27-20(24)19(21(28)25-23(27)30)26(8-2)22(29)16(6)31-17-10-11-18(14(3)4)15(5)13-17/h10-11,13-14,16H,7-9,12,24H2,1-6H3,(H,25,28,30). The Labute approximate surface area is 183 Å². The molecule has 2 aromatic rings. The van der Waals surface area contributed by atoms with Crippen molar-refractivity contribution in [3.8, 4) is 5.75 Å². The first-order chi connectivity index (χ1) is 14.6. The Kier molecular flexibility index (Phi) is 8.08. The Hall–Kier alpha value is -3.03. The second kappa shape index (κ2) is 10.3. The number of nitrogens with zero attached hydrogens (tertiary/aromatic N) is 2. The second-order valence-corrected chi connectivity index (χ2v) is 8.01. The van der Waals surface area contributed by atoms with Gasteiger partial charge in [0.2, 0.25) is 0 Å². The molecule has 1 heterocycles. The summed E-state index contributed by atoms with van der Waals surface area (Å²) in [5, 5.41) is 0. The molecule has 1 atom stereocenters. The van der Waals surface area contributed by atoms with E-state index in [4.69, 9.17) is 10.5 Å². The number of hydrogen-bond donors (Lipinski definition) is 2. The number of amides is 1. The van der Waals surface area contributed by atoms with Crippen molar-refractivity contribution in [1.82, 2.24) is 9.55 Å². The number of H-pyrrole nitrogens is 1. The number of aromatic amines is 1. The van der Waals surface area contributed by atoms with Crippen LogP contribution in [0.2, 0.25) is 0 Å². The van der Waals surface area contributed by atoms with E-state index in [-0.39, 0.29) is 18.1 Å². The highest BCUT2D eigenvalue weighted by molar-refractivity contribution is 5.98. The summed E-state index contributed by atoms with van der Waals surface area (Å²) in [6, 6.07) is 5.74. The van der Waals surface area contributed by atoms with Crippen LogP contribution in [0.4, 0.5) is 11.5 Å². The van der Waals surface area contributed by atoms with Gasteiger partial charge in [0.15, 0.2) is 11.8 Å². The van der Waals surface area contributed by atoms with Crippen LogP contribution in [0.5, 0.6) is 5.75 Å². The molecule has 1 aromatic carbocycles. The molecule has 1 amide bonds. The number of likely N-dealkylation sites (N-methyl/N-ethyl adjacent to an activating group) is 1. The molecule has 0 aliphatic rings. The molecular weight excluding hydrogens is 396 g/mol. The van der Waals surface area contributed by atoms with Gasteiger partial charge in [-0.1, -0.05) is 33.3 Å². The van der Waals surface area contributed by atoms with Crippen molar-refractivity contribution < 1.29 is 9.53 Å². The van der Waals surface area contributed by atoms with E-state index in [0.29, 0.717) is 18.2 Å². The molecule has 0 aliphatic heterocycles. The van der Waals surface area contributed by atoms with Crippen LogP contribution in [0.25, 0.3) is 0 Å². The number of ether oxygens (including phenoxy) is 1. The molecule has 3 N–H and O–H groups in total. The Bertz CT molecular complexity index is 1040. The normalized spacial score (nSPS) is 12.1. The summed E-state index contributed by atoms with van der Waals surface area (Å²) < 4.78 is 7.18. The van der Waals surface area contributed by atoms with Gasteiger partial charge in [0.1, 0.15) is 11.6 Å². The number of unbranched alkanes of at least 4 members (excludes halogenated alkanes) is 1. The smallest absolute Gasteiger partial charge is 0.330 e. The molecule has 0 saturated heterocycles. The minimum Gasteiger partial charge on any atom is -0.481 e. The summed E-state index contributed by atoms with van der Waals surface area (Å²) in [6.07, 6.45) is 0.733. The Morgan fingerprint density at radius 1 is 1.23 bits per heavy atom. The van der Waals surface area contributed by atoms with E-state index in [1.54, 1.807) is 13.8 Å². The predicted molar refractivity (Wildman–Crippen MR) is 124 cm³/mol. The molecule has 1 unspecified atom stereocenters. The fourth-order valence-electron chi connectivity index (χ4n) is 3.64. The number of hydrogen-bond acceptors (Lipinski definition) is 5. The number of aryl methyl sites for hydroxylation is 1. The topological polar surface area (TPSA) is 110 Å². The highest BCUT2D eigenvalue weighted by atomic mass is 16.5. The van der Waals surface area contributed by atoms with E-state index in [2.05, 4.69) is 18.8 Å². The number of anilines is 2. The van der Waals surface area contributed by atoms with Crippen LogP contribution < -0.4 is 26.6 Å². The van der Waals surface area contributed by atoms with Gasteiger partial charge in [0.25, 0.3) is 11.5 Å². The quantitative estimate of drug-likeness (QED) is 0.635. The van der Waals surface area contributed by atoms with E-state index in [1.807, 2.05) is 32.0 Å². The lowest BCUT2D eigenvalue weighted by Gasteiger charge is -2.26. The number of nitrogens with one attached hydrogen (secondary N) is 1. The monoisotopic (exact) mass is 430 g/mol. The van der Waals surface area contributed by atoms with Gasteiger partial charge < -0.3 is 15.4 Å². The predicted octanol–water partition coefficient (Wildman–Crippen LogP) is 3.17. The third kappa shape index (κ3) is 5.37. The minimum absolute atomic E-state index is 0.0123. The zero-order valence-corrected chi connectivity index (χ0v) is 19.3. The SMILES string of the molecule is CCCCn1c(N)c(N(CC)C(=O)C(C)Oc2ccc(C(C)C)c(C)c2)c(=O)[nH]c1=O. The molecule has 0 bridgehead atoms. The zero-order valence-electron chi connectivity index (χ0n) is 19.3. The van der Waals surface area contributed by atoms with Crippen molar-refractivity contribution in [2.45, 2.75) is 73.0 Å². The molecule has 0 aliphatic carbocycles. The van der Waals surface area contributed by atoms with E-state index in [1.165, 1.54) is 15.0 Å². The molecule has 8 heteroatoms. The summed E-state index contributed by atoms with van der Waals surface area (Å²) in [4.78, 5) is 41.4. The lowest BCUT2D eigenvalue weighted by Crippen LogP contribution is -2.45. The van der Waals surface area contributed by atoms with Crippen LogP contribution in [-0.4, -0.2) is 28.1 Å². The Morgan fingerprint density at radius 3 is 2.45 bits per heavy atom. The lowest BCUT2D eigenvalue weighted by atomic mass is 9.98. The number of aromatic nitrogens is 2. The maximum Gasteiger partial charge on any atom is 0.330 e. The van der Waals surface area contributed by atoms with Crippen molar-refractivity contribution in [2.75, 3.05) is 17.2 Å². The first-order valence-corrected chi connectivity index (χ1v) is 10.8. The molecule has 0 fully saturated rings. The van der Waals surface area contributed by atoms with Gasteiger partial charge in [-0.05, 0) is 56.4 Å². The molecule has 170 valence electrons. The largest absolute Gasteiger partial charge is 0.481 e. The molecule has 0 saturated carbocycles. The Morgan fingerprint density at radius 2 is 1.90 bits per heavy atom. The number of carbonyl (C=O) groups is 1. The maximum absolute atomic E-state index is 13.2. The van der Waals surface area contributed by atoms with Gasteiger partial charge in [-0.15, -0.1) is 0 Å². The van der Waals surface area contributed by atoms with Crippen molar-refractivity contribution in [3.05, 3.63) is 50.2 Å². The van der Waals surface area contributed by atoms with Gasteiger partial charge in [0, 0.05) is 13.1 Å². The third-order valence-corrected chi connectivity index (χ3v) is 5.33. The van der Waals surface area contributed by atoms with Crippen molar-refractivity contribution in [2.24, 2.45) is 0 Å². The first-order valence-electron chi connectivity index (χ1n) is 10.8. The molecule has 8 nitrogen and oxygen atoms in total. The van der Waals surface area contributed by atoms with Gasteiger partial charge in [-0.25, -0.2) is 4.79 Å². The van der Waals surface area contributed by atoms with Crippen LogP contribution in [0.15, 0.2) is 27.8 Å². The van der Waals surface area contributed by atoms with Crippen LogP contribution in [-0.2, 0) is 11.3 Å². The van der Waals surface area contributed by atoms with Crippen LogP contribution in [0.1, 0.15) is 64.5 Å². The van der Waals surface area contributed by atoms with Gasteiger partial charge in [-0.3, -0.25) is 19.1 Å². The Balaban J connectivity index is 2.34. The molecule has 2 rings (SSSR count). The van der Waals surface area contributed by atoms with Crippen molar-refractivity contribution >= 4 is 17.4 Å². The highest BCUT2D eigenvalue weighted by Crippen LogP contribution is 2.25. The van der Waals surface area contributed by atoms with Gasteiger partial charge in [-0.2, -0.15) is 0 Å². The van der Waals surface area contributed by atoms with Crippen molar-refractivity contribution in [3.63, 3.8) is 0 Å². The van der Waals surface area contributed by atoms with Gasteiger partial charge >= 0.3 is 5.69 Å². The number of nitrogens with two attached hydrogens (primary N) is 1. The summed E-state index contributed by atoms with van der Waals surface area (Å²) in [5.74, 6) is 0.545. The lowest BCUT2D eigenvalue weighted by molar-refractivity contribution is -0.124. The van der Waals surface area contributed by atoms with E-state index >= 15 is 0 Å². The van der Waals surface area contributed by atoms with Crippen LogP contribution in [0.3, 0.4) is 0 Å². The average Bonchev–Trinajstić information content (AvgIpc) is 2.70. The molecule has 1 aromatic heterocycles. The van der Waals surface area contributed by atoms with Crippen LogP contribution >= 0.6 is 0 Å². The fraction of sp³-hybridized carbons (Fsp3) is 0.522. The average molecular weight is 431 g/mol. The number of nitrogen functional groups attached to an aromatic ring is 1. The summed E-state index contributed by atoms with van der Waals surface area (Å²) in [7, 11) is 0. The van der Waals surface area contributed by atoms with E-state index < -0.39 is 23.3 Å². The number of carbonyl (C=O) groups excluding carboxylic acids is 1. The zero-order chi connectivity index (χ0) is 23.3. The third-order valence-electron chi connectivity index (χ3n) is 5.33. The number of benzene rings is 1. The highest BCUT2D eigenvalue weighted by Gasteiger charge is 2.27. The van der Waals surface area contributed by atoms with Gasteiger partial charge in [0.05, 0.1) is 0 Å². The molecule has 0 spiro atoms. The van der Waals surface area contributed by atoms with Crippen molar-refractivity contribution in [1.29, 1.82) is 0 Å². The number of rotatable bonds is 9. The fourth-order valence-corrected chi connectivity index (χ4v) is 3.64. The molecule has 31 heavy (non-hydrogen) atoms. The maximum atomic E-state index is 13.2. The van der Waals surface area contributed by atoms with E-state index in [9.17, 15) is 14.4 Å². The molecular formula is C23H34N4O4. The summed E-state index contributed by atoms with van der Waals surface area (Å²) in [5.41, 5.74) is 7.19. The summed E-state index contributed by atoms with van der Waals surface area (Å²) >= 11 is 0. The second-order valence-electron chi connectivity index (χ2n) is 8.01. The van der Waals surface area contributed by atoms with E-state index in [0.717, 1.165) is 18.4 Å². The first kappa shape index (κ1) is 24.2.